The molecule has 2 heterocycles. The van der Waals surface area contributed by atoms with Crippen LogP contribution in [0.15, 0.2) is 53.3 Å². The lowest BCUT2D eigenvalue weighted by atomic mass is 9.96. The zero-order valence-electron chi connectivity index (χ0n) is 11.3. The lowest BCUT2D eigenvalue weighted by Crippen LogP contribution is -2.00. The van der Waals surface area contributed by atoms with E-state index in [0.717, 1.165) is 11.1 Å². The molecule has 0 bridgehead atoms. The third-order valence-electron chi connectivity index (χ3n) is 3.23. The zero-order valence-corrected chi connectivity index (χ0v) is 11.3. The molecule has 1 N–H and O–H groups in total. The smallest absolute Gasteiger partial charge is 0.341 e. The van der Waals surface area contributed by atoms with Gasteiger partial charge in [0, 0.05) is 23.5 Å². The van der Waals surface area contributed by atoms with E-state index < -0.39 is 5.97 Å². The molecule has 0 aliphatic rings. The molecule has 3 rings (SSSR count). The van der Waals surface area contributed by atoms with Crippen LogP contribution < -0.4 is 0 Å². The number of pyridine rings is 1. The highest BCUT2D eigenvalue weighted by Crippen LogP contribution is 2.33. The van der Waals surface area contributed by atoms with E-state index in [2.05, 4.69) is 10.1 Å². The van der Waals surface area contributed by atoms with Crippen LogP contribution in [0.2, 0.25) is 0 Å². The third kappa shape index (κ3) is 2.29. The summed E-state index contributed by atoms with van der Waals surface area (Å²) in [6.45, 7) is 1.59. The molecular formula is C16H12N2O3. The van der Waals surface area contributed by atoms with Crippen LogP contribution in [0.25, 0.3) is 22.4 Å². The summed E-state index contributed by atoms with van der Waals surface area (Å²) in [5.41, 5.74) is 2.89. The number of nitrogens with zero attached hydrogens (tertiary/aromatic N) is 2. The van der Waals surface area contributed by atoms with Crippen LogP contribution in [0.3, 0.4) is 0 Å². The first kappa shape index (κ1) is 13.1. The van der Waals surface area contributed by atoms with Crippen molar-refractivity contribution in [3.05, 3.63) is 60.1 Å². The van der Waals surface area contributed by atoms with Gasteiger partial charge in [0.1, 0.15) is 17.0 Å². The van der Waals surface area contributed by atoms with E-state index in [-0.39, 0.29) is 5.56 Å². The number of aromatic carboxylic acids is 1. The molecule has 0 spiro atoms. The molecule has 0 saturated heterocycles. The number of aromatic nitrogens is 2. The lowest BCUT2D eigenvalue weighted by molar-refractivity contribution is 0.0696. The number of aryl methyl sites for hydroxylation is 1. The van der Waals surface area contributed by atoms with E-state index in [1.165, 1.54) is 0 Å². The minimum absolute atomic E-state index is 0.0892. The van der Waals surface area contributed by atoms with Crippen LogP contribution in [-0.2, 0) is 0 Å². The van der Waals surface area contributed by atoms with Gasteiger partial charge in [-0.2, -0.15) is 0 Å². The molecule has 0 atom stereocenters. The van der Waals surface area contributed by atoms with E-state index >= 15 is 0 Å². The summed E-state index contributed by atoms with van der Waals surface area (Å²) >= 11 is 0. The predicted octanol–water partition coefficient (Wildman–Crippen LogP) is 3.41. The van der Waals surface area contributed by atoms with E-state index in [0.29, 0.717) is 17.0 Å². The van der Waals surface area contributed by atoms with Crippen molar-refractivity contribution in [2.45, 2.75) is 6.92 Å². The maximum Gasteiger partial charge on any atom is 0.341 e. The molecule has 0 aliphatic heterocycles. The average molecular weight is 280 g/mol. The molecule has 0 unspecified atom stereocenters. The summed E-state index contributed by atoms with van der Waals surface area (Å²) in [6, 6.07) is 11.2. The van der Waals surface area contributed by atoms with E-state index in [1.807, 2.05) is 36.4 Å². The number of hydrogen-bond donors (Lipinski definition) is 1. The van der Waals surface area contributed by atoms with Crippen LogP contribution in [-0.4, -0.2) is 21.2 Å². The number of hydrogen-bond acceptors (Lipinski definition) is 4. The minimum atomic E-state index is -1.05. The van der Waals surface area contributed by atoms with Gasteiger partial charge in [0.15, 0.2) is 0 Å². The van der Waals surface area contributed by atoms with E-state index in [9.17, 15) is 9.90 Å². The zero-order chi connectivity index (χ0) is 14.8. The fourth-order valence-corrected chi connectivity index (χ4v) is 2.27. The van der Waals surface area contributed by atoms with Crippen molar-refractivity contribution >= 4 is 5.97 Å². The molecule has 0 fully saturated rings. The Bertz CT molecular complexity index is 794. The number of rotatable bonds is 3. The second kappa shape index (κ2) is 5.20. The fraction of sp³-hybridized carbons (Fsp3) is 0.0625. The number of carbonyl (C=O) groups is 1. The molecule has 0 saturated carbocycles. The normalized spacial score (nSPS) is 10.5. The van der Waals surface area contributed by atoms with Gasteiger partial charge < -0.3 is 9.63 Å². The number of benzene rings is 1. The summed E-state index contributed by atoms with van der Waals surface area (Å²) in [4.78, 5) is 15.5. The minimum Gasteiger partial charge on any atom is -0.477 e. The summed E-state index contributed by atoms with van der Waals surface area (Å²) in [5, 5.41) is 13.3. The van der Waals surface area contributed by atoms with Crippen LogP contribution in [0.4, 0.5) is 0 Å². The molecule has 0 aliphatic carbocycles. The van der Waals surface area contributed by atoms with Crippen LogP contribution in [0.1, 0.15) is 16.1 Å². The quantitative estimate of drug-likeness (QED) is 0.795. The molecular weight excluding hydrogens is 268 g/mol. The monoisotopic (exact) mass is 280 g/mol. The Balaban J connectivity index is 2.24. The molecule has 5 nitrogen and oxygen atoms in total. The molecule has 2 aromatic heterocycles. The summed E-state index contributed by atoms with van der Waals surface area (Å²) < 4.78 is 5.06. The molecule has 104 valence electrons. The Morgan fingerprint density at radius 2 is 1.90 bits per heavy atom. The van der Waals surface area contributed by atoms with Crippen LogP contribution in [0, 0.1) is 6.92 Å². The van der Waals surface area contributed by atoms with Crippen molar-refractivity contribution in [2.75, 3.05) is 0 Å². The van der Waals surface area contributed by atoms with Crippen molar-refractivity contribution in [1.82, 2.24) is 10.1 Å². The average Bonchev–Trinajstić information content (AvgIpc) is 2.90. The maximum absolute atomic E-state index is 11.4. The Labute approximate surface area is 120 Å². The number of carboxylic acid groups (broad SMARTS) is 1. The van der Waals surface area contributed by atoms with Gasteiger partial charge in [-0.3, -0.25) is 4.98 Å². The standard InChI is InChI=1S/C16H12N2O3/c1-10-14(16(19)20)15(18-21-10)13-7-3-2-6-12(13)11-5-4-8-17-9-11/h2-9H,1H3,(H,19,20). The van der Waals surface area contributed by atoms with Gasteiger partial charge in [-0.05, 0) is 18.6 Å². The highest BCUT2D eigenvalue weighted by molar-refractivity contribution is 5.98. The van der Waals surface area contributed by atoms with Gasteiger partial charge in [-0.15, -0.1) is 0 Å². The van der Waals surface area contributed by atoms with Crippen molar-refractivity contribution in [3.63, 3.8) is 0 Å². The fourth-order valence-electron chi connectivity index (χ4n) is 2.27. The lowest BCUT2D eigenvalue weighted by Gasteiger charge is -2.07. The van der Waals surface area contributed by atoms with Crippen molar-refractivity contribution in [2.24, 2.45) is 0 Å². The second-order valence-electron chi connectivity index (χ2n) is 4.55. The van der Waals surface area contributed by atoms with E-state index in [1.54, 1.807) is 19.3 Å². The summed E-state index contributed by atoms with van der Waals surface area (Å²) in [7, 11) is 0. The van der Waals surface area contributed by atoms with Gasteiger partial charge >= 0.3 is 5.97 Å². The topological polar surface area (TPSA) is 76.2 Å². The molecule has 0 amide bonds. The molecule has 21 heavy (non-hydrogen) atoms. The second-order valence-corrected chi connectivity index (χ2v) is 4.55. The highest BCUT2D eigenvalue weighted by atomic mass is 16.5. The molecule has 3 aromatic rings. The Morgan fingerprint density at radius 1 is 1.14 bits per heavy atom. The first-order chi connectivity index (χ1) is 10.2. The molecule has 1 aromatic carbocycles. The van der Waals surface area contributed by atoms with Gasteiger partial charge in [-0.1, -0.05) is 35.5 Å². The van der Waals surface area contributed by atoms with Gasteiger partial charge in [-0.25, -0.2) is 4.79 Å². The number of carboxylic acids is 1. The SMILES string of the molecule is Cc1onc(-c2ccccc2-c2cccnc2)c1C(=O)O. The first-order valence-electron chi connectivity index (χ1n) is 6.38. The first-order valence-corrected chi connectivity index (χ1v) is 6.38. The van der Waals surface area contributed by atoms with Crippen LogP contribution in [0.5, 0.6) is 0 Å². The Hall–Kier alpha value is -2.95. The van der Waals surface area contributed by atoms with Crippen molar-refractivity contribution in [3.8, 4) is 22.4 Å². The molecule has 0 radical (unpaired) electrons. The van der Waals surface area contributed by atoms with Gasteiger partial charge in [0.05, 0.1) is 0 Å². The van der Waals surface area contributed by atoms with Crippen molar-refractivity contribution < 1.29 is 14.4 Å². The summed E-state index contributed by atoms with van der Waals surface area (Å²) in [6.07, 6.45) is 3.42. The van der Waals surface area contributed by atoms with Crippen molar-refractivity contribution in [1.29, 1.82) is 0 Å². The highest BCUT2D eigenvalue weighted by Gasteiger charge is 2.22. The van der Waals surface area contributed by atoms with Gasteiger partial charge in [0.2, 0.25) is 0 Å². The van der Waals surface area contributed by atoms with Gasteiger partial charge in [0.25, 0.3) is 0 Å². The van der Waals surface area contributed by atoms with Crippen LogP contribution >= 0.6 is 0 Å². The largest absolute Gasteiger partial charge is 0.477 e. The Kier molecular flexibility index (Phi) is 3.23. The molecule has 5 heteroatoms. The third-order valence-corrected chi connectivity index (χ3v) is 3.23. The maximum atomic E-state index is 11.4. The predicted molar refractivity (Wildman–Crippen MR) is 76.9 cm³/mol. The van der Waals surface area contributed by atoms with E-state index in [4.69, 9.17) is 4.52 Å². The Morgan fingerprint density at radius 3 is 2.57 bits per heavy atom. The summed E-state index contributed by atoms with van der Waals surface area (Å²) in [5.74, 6) is -0.761.